The zero-order chi connectivity index (χ0) is 18.9. The molecule has 0 saturated heterocycles. The molecule has 7 heteroatoms. The van der Waals surface area contributed by atoms with E-state index in [1.165, 1.54) is 7.11 Å². The normalized spacial score (nSPS) is 9.92. The first-order valence-corrected chi connectivity index (χ1v) is 8.00. The number of esters is 1. The number of amides is 3. The highest BCUT2D eigenvalue weighted by molar-refractivity contribution is 5.96. The highest BCUT2D eigenvalue weighted by Crippen LogP contribution is 2.11. The number of benzene rings is 2. The van der Waals surface area contributed by atoms with E-state index in [-0.39, 0.29) is 12.6 Å². The number of carbonyl (C=O) groups excluding carboxylic acids is 3. The summed E-state index contributed by atoms with van der Waals surface area (Å²) in [6, 6.07) is 15.8. The van der Waals surface area contributed by atoms with Gasteiger partial charge in [0.15, 0.2) is 0 Å². The summed E-state index contributed by atoms with van der Waals surface area (Å²) in [6.07, 6.45) is 0. The van der Waals surface area contributed by atoms with Crippen LogP contribution < -0.4 is 10.6 Å². The molecule has 0 heterocycles. The largest absolute Gasteiger partial charge is 0.468 e. The number of carbonyl (C=O) groups is 3. The summed E-state index contributed by atoms with van der Waals surface area (Å²) in [5.41, 5.74) is 1.98. The topological polar surface area (TPSA) is 87.7 Å². The molecule has 0 aromatic heterocycles. The van der Waals surface area contributed by atoms with Crippen molar-refractivity contribution in [3.05, 3.63) is 65.7 Å². The van der Waals surface area contributed by atoms with E-state index < -0.39 is 11.9 Å². The first-order valence-electron chi connectivity index (χ1n) is 8.00. The molecule has 2 rings (SSSR count). The maximum absolute atomic E-state index is 12.2. The van der Waals surface area contributed by atoms with Gasteiger partial charge in [-0.2, -0.15) is 0 Å². The minimum absolute atomic E-state index is 0.196. The van der Waals surface area contributed by atoms with E-state index in [1.807, 2.05) is 30.3 Å². The van der Waals surface area contributed by atoms with Gasteiger partial charge in [-0.1, -0.05) is 30.3 Å². The molecule has 7 nitrogen and oxygen atoms in total. The lowest BCUT2D eigenvalue weighted by Gasteiger charge is -2.18. The first kappa shape index (κ1) is 19.0. The standard InChI is InChI=1S/C19H21N3O4/c1-22(13-14-6-4-3-5-7-14)19(25)21-16-10-8-15(9-11-16)18(24)20-12-17(23)26-2/h3-11H,12-13H2,1-2H3,(H,20,24)(H,21,25). The number of anilines is 1. The summed E-state index contributed by atoms with van der Waals surface area (Å²) in [6.45, 7) is 0.290. The Morgan fingerprint density at radius 3 is 2.27 bits per heavy atom. The molecular weight excluding hydrogens is 334 g/mol. The highest BCUT2D eigenvalue weighted by atomic mass is 16.5. The zero-order valence-electron chi connectivity index (χ0n) is 14.7. The molecule has 2 aromatic rings. The van der Waals surface area contributed by atoms with Gasteiger partial charge in [-0.25, -0.2) is 4.79 Å². The molecule has 0 unspecified atom stereocenters. The van der Waals surface area contributed by atoms with E-state index in [2.05, 4.69) is 15.4 Å². The van der Waals surface area contributed by atoms with Crippen molar-refractivity contribution in [3.8, 4) is 0 Å². The number of nitrogens with zero attached hydrogens (tertiary/aromatic N) is 1. The Morgan fingerprint density at radius 2 is 1.65 bits per heavy atom. The van der Waals surface area contributed by atoms with Gasteiger partial charge in [0.2, 0.25) is 0 Å². The smallest absolute Gasteiger partial charge is 0.325 e. The van der Waals surface area contributed by atoms with Crippen LogP contribution in [-0.2, 0) is 16.1 Å². The van der Waals surface area contributed by atoms with Crippen molar-refractivity contribution in [2.45, 2.75) is 6.54 Å². The summed E-state index contributed by atoms with van der Waals surface area (Å²) < 4.78 is 4.46. The number of nitrogens with one attached hydrogen (secondary N) is 2. The number of urea groups is 1. The summed E-state index contributed by atoms with van der Waals surface area (Å²) in [4.78, 5) is 36.7. The van der Waals surface area contributed by atoms with Gasteiger partial charge in [0.25, 0.3) is 5.91 Å². The molecule has 26 heavy (non-hydrogen) atoms. The van der Waals surface area contributed by atoms with Crippen LogP contribution in [-0.4, -0.2) is 43.5 Å². The Labute approximate surface area is 152 Å². The molecule has 0 spiro atoms. The number of rotatable bonds is 6. The third-order valence-electron chi connectivity index (χ3n) is 3.63. The van der Waals surface area contributed by atoms with Crippen LogP contribution >= 0.6 is 0 Å². The van der Waals surface area contributed by atoms with Crippen LogP contribution in [0.2, 0.25) is 0 Å². The second-order valence-corrected chi connectivity index (χ2v) is 5.61. The van der Waals surface area contributed by atoms with Crippen LogP contribution in [0, 0.1) is 0 Å². The third kappa shape index (κ3) is 5.62. The number of hydrogen-bond acceptors (Lipinski definition) is 4. The summed E-state index contributed by atoms with van der Waals surface area (Å²) in [7, 11) is 2.96. The van der Waals surface area contributed by atoms with Gasteiger partial charge in [-0.05, 0) is 29.8 Å². The Kier molecular flexibility index (Phi) is 6.73. The van der Waals surface area contributed by atoms with Crippen LogP contribution in [0.5, 0.6) is 0 Å². The van der Waals surface area contributed by atoms with Crippen LogP contribution in [0.1, 0.15) is 15.9 Å². The van der Waals surface area contributed by atoms with Gasteiger partial charge < -0.3 is 20.3 Å². The Hall–Kier alpha value is -3.35. The van der Waals surface area contributed by atoms with Gasteiger partial charge in [0.05, 0.1) is 7.11 Å². The zero-order valence-corrected chi connectivity index (χ0v) is 14.7. The van der Waals surface area contributed by atoms with Crippen LogP contribution in [0.25, 0.3) is 0 Å². The fourth-order valence-corrected chi connectivity index (χ4v) is 2.18. The molecule has 0 aliphatic heterocycles. The maximum atomic E-state index is 12.2. The average molecular weight is 355 g/mol. The van der Waals surface area contributed by atoms with Gasteiger partial charge >= 0.3 is 12.0 Å². The minimum atomic E-state index is -0.524. The van der Waals surface area contributed by atoms with Crippen LogP contribution in [0.3, 0.4) is 0 Å². The van der Waals surface area contributed by atoms with E-state index in [0.717, 1.165) is 5.56 Å². The summed E-state index contributed by atoms with van der Waals surface area (Å²) in [5, 5.41) is 5.21. The predicted molar refractivity (Wildman–Crippen MR) is 97.7 cm³/mol. The molecule has 0 fully saturated rings. The summed E-state index contributed by atoms with van der Waals surface area (Å²) in [5.74, 6) is -0.918. The van der Waals surface area contributed by atoms with E-state index in [4.69, 9.17) is 0 Å². The van der Waals surface area contributed by atoms with Crippen molar-refractivity contribution >= 4 is 23.6 Å². The van der Waals surface area contributed by atoms with Crippen molar-refractivity contribution in [3.63, 3.8) is 0 Å². The van der Waals surface area contributed by atoms with E-state index in [1.54, 1.807) is 36.2 Å². The monoisotopic (exact) mass is 355 g/mol. The quantitative estimate of drug-likeness (QED) is 0.778. The molecule has 2 aromatic carbocycles. The van der Waals surface area contributed by atoms with Crippen molar-refractivity contribution in [2.24, 2.45) is 0 Å². The fourth-order valence-electron chi connectivity index (χ4n) is 2.18. The van der Waals surface area contributed by atoms with Crippen LogP contribution in [0.15, 0.2) is 54.6 Å². The molecular formula is C19H21N3O4. The minimum Gasteiger partial charge on any atom is -0.468 e. The van der Waals surface area contributed by atoms with E-state index in [9.17, 15) is 14.4 Å². The lowest BCUT2D eigenvalue weighted by molar-refractivity contribution is -0.139. The SMILES string of the molecule is COC(=O)CNC(=O)c1ccc(NC(=O)N(C)Cc2ccccc2)cc1. The van der Waals surface area contributed by atoms with Gasteiger partial charge in [0.1, 0.15) is 6.54 Å². The van der Waals surface area contributed by atoms with Crippen molar-refractivity contribution in [1.29, 1.82) is 0 Å². The van der Waals surface area contributed by atoms with Gasteiger partial charge in [0, 0.05) is 24.8 Å². The molecule has 0 aliphatic carbocycles. The van der Waals surface area contributed by atoms with Crippen molar-refractivity contribution in [1.82, 2.24) is 10.2 Å². The molecule has 0 radical (unpaired) electrons. The first-order chi connectivity index (χ1) is 12.5. The number of ether oxygens (including phenoxy) is 1. The van der Waals surface area contributed by atoms with Gasteiger partial charge in [-0.15, -0.1) is 0 Å². The van der Waals surface area contributed by atoms with Crippen molar-refractivity contribution < 1.29 is 19.1 Å². The molecule has 0 atom stereocenters. The predicted octanol–water partition coefficient (Wildman–Crippen LogP) is 2.25. The molecule has 136 valence electrons. The van der Waals surface area contributed by atoms with E-state index in [0.29, 0.717) is 17.8 Å². The second kappa shape index (κ2) is 9.22. The second-order valence-electron chi connectivity index (χ2n) is 5.61. The molecule has 0 bridgehead atoms. The third-order valence-corrected chi connectivity index (χ3v) is 3.63. The number of hydrogen-bond donors (Lipinski definition) is 2. The van der Waals surface area contributed by atoms with Crippen LogP contribution in [0.4, 0.5) is 10.5 Å². The Morgan fingerprint density at radius 1 is 1.00 bits per heavy atom. The molecule has 0 aliphatic rings. The van der Waals surface area contributed by atoms with Crippen molar-refractivity contribution in [2.75, 3.05) is 26.0 Å². The average Bonchev–Trinajstić information content (AvgIpc) is 2.67. The molecule has 0 saturated carbocycles. The maximum Gasteiger partial charge on any atom is 0.325 e. The lowest BCUT2D eigenvalue weighted by atomic mass is 10.2. The van der Waals surface area contributed by atoms with E-state index >= 15 is 0 Å². The summed E-state index contributed by atoms with van der Waals surface area (Å²) >= 11 is 0. The lowest BCUT2D eigenvalue weighted by Crippen LogP contribution is -2.31. The number of methoxy groups -OCH3 is 1. The molecule has 3 amide bonds. The van der Waals surface area contributed by atoms with Gasteiger partial charge in [-0.3, -0.25) is 9.59 Å². The molecule has 2 N–H and O–H groups in total. The fraction of sp³-hybridized carbons (Fsp3) is 0.211. The Bertz CT molecular complexity index is 760. The highest BCUT2D eigenvalue weighted by Gasteiger charge is 2.11. The Balaban J connectivity index is 1.88.